The smallest absolute Gasteiger partial charge is 0.0551 e. The first-order chi connectivity index (χ1) is 21.8. The number of hydrogen-bond donors (Lipinski definition) is 1. The van der Waals surface area contributed by atoms with E-state index < -0.39 is 0 Å². The lowest BCUT2D eigenvalue weighted by molar-refractivity contribution is 0.759. The van der Waals surface area contributed by atoms with Gasteiger partial charge >= 0.3 is 0 Å². The van der Waals surface area contributed by atoms with Crippen LogP contribution in [0, 0.1) is 0 Å². The number of allylic oxidation sites excluding steroid dienone is 2. The van der Waals surface area contributed by atoms with Crippen LogP contribution in [-0.4, -0.2) is 10.6 Å². The lowest BCUT2D eigenvalue weighted by Gasteiger charge is -2.29. The number of rotatable bonds is 6. The lowest BCUT2D eigenvalue weighted by Crippen LogP contribution is -2.26. The van der Waals surface area contributed by atoms with Gasteiger partial charge in [-0.15, -0.1) is 0 Å². The molecule has 0 spiro atoms. The number of para-hydroxylation sites is 3. The Bertz CT molecular complexity index is 2060. The molecular weight excluding hydrogens is 532 g/mol. The van der Waals surface area contributed by atoms with Gasteiger partial charge in [0.2, 0.25) is 0 Å². The maximum atomic E-state index is 3.76. The molecule has 0 bridgehead atoms. The number of fused-ring (bicyclic) bond motifs is 3. The van der Waals surface area contributed by atoms with Gasteiger partial charge in [-0.25, -0.2) is 0 Å². The van der Waals surface area contributed by atoms with Crippen LogP contribution < -0.4 is 5.32 Å². The summed E-state index contributed by atoms with van der Waals surface area (Å²) < 4.78 is 2.37. The fraction of sp³-hybridized carbons (Fsp3) is 0.0476. The molecule has 8 rings (SSSR count). The van der Waals surface area contributed by atoms with Gasteiger partial charge in [-0.05, 0) is 64.2 Å². The van der Waals surface area contributed by atoms with E-state index in [0.717, 1.165) is 5.69 Å². The monoisotopic (exact) mass is 564 g/mol. The average Bonchev–Trinajstić information content (AvgIpc) is 3.44. The first kappa shape index (κ1) is 26.1. The predicted octanol–water partition coefficient (Wildman–Crippen LogP) is 10.7. The number of hydrogen-bond acceptors (Lipinski definition) is 1. The Labute approximate surface area is 258 Å². The van der Waals surface area contributed by atoms with E-state index in [1.54, 1.807) is 0 Å². The molecule has 1 N–H and O–H groups in total. The van der Waals surface area contributed by atoms with E-state index in [1.165, 1.54) is 55.3 Å². The second-order valence-electron chi connectivity index (χ2n) is 11.4. The molecule has 0 saturated heterocycles. The summed E-state index contributed by atoms with van der Waals surface area (Å²) in [5, 5.41) is 6.32. The van der Waals surface area contributed by atoms with Gasteiger partial charge in [0, 0.05) is 28.1 Å². The number of nitrogens with one attached hydrogen (secondary N) is 1. The largest absolute Gasteiger partial charge is 0.378 e. The van der Waals surface area contributed by atoms with Gasteiger partial charge < -0.3 is 9.88 Å². The minimum atomic E-state index is 0.154. The van der Waals surface area contributed by atoms with Gasteiger partial charge in [-0.3, -0.25) is 0 Å². The third kappa shape index (κ3) is 4.81. The third-order valence-electron chi connectivity index (χ3n) is 8.78. The molecule has 1 aliphatic rings. The quantitative estimate of drug-likeness (QED) is 0.213. The summed E-state index contributed by atoms with van der Waals surface area (Å²) in [5.74, 6) is 0.196. The molecule has 0 aliphatic heterocycles. The minimum absolute atomic E-state index is 0.154. The van der Waals surface area contributed by atoms with Gasteiger partial charge in [0.15, 0.2) is 0 Å². The summed E-state index contributed by atoms with van der Waals surface area (Å²) in [5.41, 5.74) is 11.0. The number of nitrogens with zero attached hydrogens (tertiary/aromatic N) is 1. The van der Waals surface area contributed by atoms with E-state index in [0.29, 0.717) is 0 Å². The highest BCUT2D eigenvalue weighted by Gasteiger charge is 2.23. The van der Waals surface area contributed by atoms with E-state index in [4.69, 9.17) is 0 Å². The number of benzene rings is 6. The van der Waals surface area contributed by atoms with Crippen LogP contribution in [0.25, 0.3) is 44.2 Å². The zero-order chi connectivity index (χ0) is 29.3. The molecule has 2 atom stereocenters. The molecule has 1 heterocycles. The lowest BCUT2D eigenvalue weighted by atomic mass is 9.83. The molecule has 2 unspecified atom stereocenters. The molecule has 6 aromatic carbocycles. The van der Waals surface area contributed by atoms with Crippen molar-refractivity contribution in [1.29, 1.82) is 0 Å². The van der Waals surface area contributed by atoms with Crippen LogP contribution >= 0.6 is 0 Å². The molecule has 0 saturated carbocycles. The molecular formula is C42H32N2. The highest BCUT2D eigenvalue weighted by atomic mass is 15.0. The average molecular weight is 565 g/mol. The van der Waals surface area contributed by atoms with Crippen molar-refractivity contribution in [3.05, 3.63) is 187 Å². The van der Waals surface area contributed by atoms with Gasteiger partial charge in [0.25, 0.3) is 0 Å². The molecule has 0 amide bonds. The maximum absolute atomic E-state index is 3.76. The van der Waals surface area contributed by atoms with Crippen molar-refractivity contribution in [3.63, 3.8) is 0 Å². The van der Waals surface area contributed by atoms with Gasteiger partial charge in [0.05, 0.1) is 17.1 Å². The Balaban J connectivity index is 1.11. The SMILES string of the molecule is C1=CC(Nc2ccccc2)C(c2ccc(-c3ccc(-n4c5ccccc5c5ccccc54)cc3)cc2)C=C1c1ccccc1. The van der Waals surface area contributed by atoms with Crippen molar-refractivity contribution < 1.29 is 0 Å². The second kappa shape index (κ2) is 11.2. The van der Waals surface area contributed by atoms with Crippen molar-refractivity contribution in [2.45, 2.75) is 12.0 Å². The fourth-order valence-corrected chi connectivity index (χ4v) is 6.57. The Kier molecular flexibility index (Phi) is 6.66. The summed E-state index contributed by atoms with van der Waals surface area (Å²) in [6.07, 6.45) is 6.96. The minimum Gasteiger partial charge on any atom is -0.378 e. The number of aromatic nitrogens is 1. The molecule has 210 valence electrons. The molecule has 0 radical (unpaired) electrons. The van der Waals surface area contributed by atoms with Crippen LogP contribution in [0.5, 0.6) is 0 Å². The zero-order valence-electron chi connectivity index (χ0n) is 24.3. The van der Waals surface area contributed by atoms with Crippen LogP contribution in [-0.2, 0) is 0 Å². The Hall–Kier alpha value is -5.60. The van der Waals surface area contributed by atoms with Crippen molar-refractivity contribution in [1.82, 2.24) is 4.57 Å². The van der Waals surface area contributed by atoms with Crippen LogP contribution in [0.4, 0.5) is 5.69 Å². The Morgan fingerprint density at radius 3 is 1.66 bits per heavy atom. The van der Waals surface area contributed by atoms with Gasteiger partial charge in [0.1, 0.15) is 0 Å². The highest BCUT2D eigenvalue weighted by molar-refractivity contribution is 6.09. The van der Waals surface area contributed by atoms with Crippen molar-refractivity contribution in [2.75, 3.05) is 5.32 Å². The summed E-state index contributed by atoms with van der Waals surface area (Å²) in [6, 6.07) is 56.7. The molecule has 1 aromatic heterocycles. The first-order valence-electron chi connectivity index (χ1n) is 15.3. The van der Waals surface area contributed by atoms with Crippen LogP contribution in [0.3, 0.4) is 0 Å². The highest BCUT2D eigenvalue weighted by Crippen LogP contribution is 2.36. The Morgan fingerprint density at radius 1 is 0.477 bits per heavy atom. The predicted molar refractivity (Wildman–Crippen MR) is 186 cm³/mol. The van der Waals surface area contributed by atoms with Crippen LogP contribution in [0.2, 0.25) is 0 Å². The Morgan fingerprint density at radius 2 is 1.02 bits per heavy atom. The van der Waals surface area contributed by atoms with Crippen molar-refractivity contribution >= 4 is 33.1 Å². The fourth-order valence-electron chi connectivity index (χ4n) is 6.57. The van der Waals surface area contributed by atoms with Crippen molar-refractivity contribution in [2.24, 2.45) is 0 Å². The normalized spacial score (nSPS) is 16.2. The van der Waals surface area contributed by atoms with E-state index >= 15 is 0 Å². The number of anilines is 1. The van der Waals surface area contributed by atoms with E-state index in [1.807, 2.05) is 0 Å². The van der Waals surface area contributed by atoms with Crippen LogP contribution in [0.1, 0.15) is 17.0 Å². The second-order valence-corrected chi connectivity index (χ2v) is 11.4. The summed E-state index contributed by atoms with van der Waals surface area (Å²) in [4.78, 5) is 0. The standard InChI is InChI=1S/C42H32N2/c1-3-11-30(12-4-1)34-25-28-40(43-35-13-5-2-6-14-35)39(29-34)33-21-19-31(20-22-33)32-23-26-36(27-24-32)44-41-17-9-7-15-37(41)38-16-8-10-18-42(38)44/h1-29,39-40,43H. The summed E-state index contributed by atoms with van der Waals surface area (Å²) in [7, 11) is 0. The zero-order valence-corrected chi connectivity index (χ0v) is 24.3. The molecule has 7 aromatic rings. The van der Waals surface area contributed by atoms with E-state index in [9.17, 15) is 0 Å². The van der Waals surface area contributed by atoms with Crippen LogP contribution in [0.15, 0.2) is 176 Å². The maximum Gasteiger partial charge on any atom is 0.0551 e. The summed E-state index contributed by atoms with van der Waals surface area (Å²) in [6.45, 7) is 0. The summed E-state index contributed by atoms with van der Waals surface area (Å²) >= 11 is 0. The first-order valence-corrected chi connectivity index (χ1v) is 15.3. The van der Waals surface area contributed by atoms with E-state index in [2.05, 4.69) is 186 Å². The van der Waals surface area contributed by atoms with E-state index in [-0.39, 0.29) is 12.0 Å². The van der Waals surface area contributed by atoms with Gasteiger partial charge in [-0.1, -0.05) is 140 Å². The molecule has 0 fully saturated rings. The molecule has 2 heteroatoms. The molecule has 2 nitrogen and oxygen atoms in total. The molecule has 44 heavy (non-hydrogen) atoms. The molecule has 1 aliphatic carbocycles. The van der Waals surface area contributed by atoms with Gasteiger partial charge in [-0.2, -0.15) is 0 Å². The topological polar surface area (TPSA) is 17.0 Å². The third-order valence-corrected chi connectivity index (χ3v) is 8.78. The van der Waals surface area contributed by atoms with Crippen molar-refractivity contribution in [3.8, 4) is 16.8 Å².